The van der Waals surface area contributed by atoms with Gasteiger partial charge in [-0.25, -0.2) is 0 Å². The van der Waals surface area contributed by atoms with Crippen molar-refractivity contribution in [3.63, 3.8) is 0 Å². The lowest BCUT2D eigenvalue weighted by molar-refractivity contribution is 0.00782. The third-order valence-electron chi connectivity index (χ3n) is 3.23. The van der Waals surface area contributed by atoms with Crippen molar-refractivity contribution < 1.29 is 4.74 Å². The van der Waals surface area contributed by atoms with Crippen LogP contribution in [0.15, 0.2) is 24.3 Å². The molecule has 0 aliphatic carbocycles. The fourth-order valence-corrected chi connectivity index (χ4v) is 2.38. The average Bonchev–Trinajstić information content (AvgIpc) is 2.28. The first-order chi connectivity index (χ1) is 8.34. The lowest BCUT2D eigenvalue weighted by Gasteiger charge is -2.29. The summed E-state index contributed by atoms with van der Waals surface area (Å²) in [6.07, 6.45) is 0.967. The van der Waals surface area contributed by atoms with Gasteiger partial charge in [0.05, 0.1) is 5.60 Å². The number of hydrogen-bond acceptors (Lipinski definition) is 2. The maximum atomic E-state index is 6.01. The van der Waals surface area contributed by atoms with Crippen molar-refractivity contribution >= 4 is 11.6 Å². The Kier molecular flexibility index (Phi) is 5.64. The van der Waals surface area contributed by atoms with E-state index >= 15 is 0 Å². The van der Waals surface area contributed by atoms with Crippen LogP contribution in [0.3, 0.4) is 0 Å². The van der Waals surface area contributed by atoms with Gasteiger partial charge in [0.15, 0.2) is 0 Å². The number of hydrogen-bond donors (Lipinski definition) is 1. The van der Waals surface area contributed by atoms with E-state index < -0.39 is 0 Å². The normalized spacial score (nSPS) is 15.4. The molecule has 0 aliphatic heterocycles. The lowest BCUT2D eigenvalue weighted by atomic mass is 9.98. The smallest absolute Gasteiger partial charge is 0.0637 e. The summed E-state index contributed by atoms with van der Waals surface area (Å²) in [6, 6.07) is 8.65. The Labute approximate surface area is 116 Å². The predicted molar refractivity (Wildman–Crippen MR) is 78.2 cm³/mol. The maximum absolute atomic E-state index is 6.01. The second-order valence-electron chi connectivity index (χ2n) is 5.51. The highest BCUT2D eigenvalue weighted by molar-refractivity contribution is 6.30. The zero-order valence-electron chi connectivity index (χ0n) is 12.0. The minimum absolute atomic E-state index is 0.0968. The first-order valence-electron chi connectivity index (χ1n) is 6.41. The molecule has 0 bridgehead atoms. The molecule has 0 aliphatic rings. The van der Waals surface area contributed by atoms with E-state index in [0.717, 1.165) is 11.4 Å². The summed E-state index contributed by atoms with van der Waals surface area (Å²) in [7, 11) is 1.76. The molecule has 0 amide bonds. The van der Waals surface area contributed by atoms with Gasteiger partial charge in [0, 0.05) is 24.2 Å². The molecule has 3 heteroatoms. The molecule has 1 aromatic rings. The van der Waals surface area contributed by atoms with Crippen molar-refractivity contribution in [1.82, 2.24) is 5.32 Å². The summed E-state index contributed by atoms with van der Waals surface area (Å²) in [6.45, 7) is 8.55. The van der Waals surface area contributed by atoms with Crippen molar-refractivity contribution in [3.05, 3.63) is 34.9 Å². The van der Waals surface area contributed by atoms with E-state index in [4.69, 9.17) is 16.3 Å². The Morgan fingerprint density at radius 3 is 2.56 bits per heavy atom. The van der Waals surface area contributed by atoms with Crippen molar-refractivity contribution in [3.8, 4) is 0 Å². The van der Waals surface area contributed by atoms with Gasteiger partial charge >= 0.3 is 0 Å². The molecular formula is C15H24ClNO. The largest absolute Gasteiger partial charge is 0.379 e. The standard InChI is InChI=1S/C15H24ClNO/c1-11(10-15(3,4)18-5)17-12(2)13-7-6-8-14(16)9-13/h6-9,11-12,17H,10H2,1-5H3. The van der Waals surface area contributed by atoms with E-state index in [9.17, 15) is 0 Å². The third-order valence-corrected chi connectivity index (χ3v) is 3.47. The van der Waals surface area contributed by atoms with Crippen LogP contribution in [0.25, 0.3) is 0 Å². The number of methoxy groups -OCH3 is 1. The van der Waals surface area contributed by atoms with Crippen LogP contribution >= 0.6 is 11.6 Å². The minimum Gasteiger partial charge on any atom is -0.379 e. The summed E-state index contributed by atoms with van der Waals surface area (Å²) >= 11 is 6.01. The summed E-state index contributed by atoms with van der Waals surface area (Å²) in [5.41, 5.74) is 1.12. The van der Waals surface area contributed by atoms with Crippen molar-refractivity contribution in [1.29, 1.82) is 0 Å². The van der Waals surface area contributed by atoms with E-state index in [0.29, 0.717) is 6.04 Å². The lowest BCUT2D eigenvalue weighted by Crippen LogP contribution is -2.36. The highest BCUT2D eigenvalue weighted by atomic mass is 35.5. The van der Waals surface area contributed by atoms with Gasteiger partial charge in [-0.1, -0.05) is 23.7 Å². The zero-order chi connectivity index (χ0) is 13.8. The Bertz CT molecular complexity index is 379. The molecule has 18 heavy (non-hydrogen) atoms. The van der Waals surface area contributed by atoms with Gasteiger partial charge < -0.3 is 10.1 Å². The average molecular weight is 270 g/mol. The molecule has 0 fully saturated rings. The summed E-state index contributed by atoms with van der Waals surface area (Å²) in [4.78, 5) is 0. The number of benzene rings is 1. The first kappa shape index (κ1) is 15.5. The van der Waals surface area contributed by atoms with Crippen LogP contribution in [0.4, 0.5) is 0 Å². The monoisotopic (exact) mass is 269 g/mol. The van der Waals surface area contributed by atoms with Crippen LogP contribution in [0.5, 0.6) is 0 Å². The van der Waals surface area contributed by atoms with E-state index in [-0.39, 0.29) is 11.6 Å². The van der Waals surface area contributed by atoms with Gasteiger partial charge in [-0.2, -0.15) is 0 Å². The summed E-state index contributed by atoms with van der Waals surface area (Å²) < 4.78 is 5.45. The van der Waals surface area contributed by atoms with Crippen LogP contribution in [0.2, 0.25) is 5.02 Å². The first-order valence-corrected chi connectivity index (χ1v) is 6.78. The molecule has 2 unspecified atom stereocenters. The molecule has 0 spiro atoms. The Morgan fingerprint density at radius 1 is 1.33 bits per heavy atom. The van der Waals surface area contributed by atoms with Crippen LogP contribution < -0.4 is 5.32 Å². The highest BCUT2D eigenvalue weighted by Crippen LogP contribution is 2.20. The van der Waals surface area contributed by atoms with Crippen molar-refractivity contribution in [2.75, 3.05) is 7.11 Å². The molecule has 1 N–H and O–H groups in total. The SMILES string of the molecule is COC(C)(C)CC(C)NC(C)c1cccc(Cl)c1. The topological polar surface area (TPSA) is 21.3 Å². The molecule has 0 saturated heterocycles. The zero-order valence-corrected chi connectivity index (χ0v) is 12.7. The van der Waals surface area contributed by atoms with Crippen LogP contribution in [-0.4, -0.2) is 18.8 Å². The molecule has 1 aromatic carbocycles. The summed E-state index contributed by atoms with van der Waals surface area (Å²) in [5.74, 6) is 0. The predicted octanol–water partition coefficient (Wildman–Crippen LogP) is 4.19. The minimum atomic E-state index is -0.0968. The molecule has 0 radical (unpaired) electrons. The fourth-order valence-electron chi connectivity index (χ4n) is 2.18. The maximum Gasteiger partial charge on any atom is 0.0637 e. The van der Waals surface area contributed by atoms with Gasteiger partial charge in [-0.3, -0.25) is 0 Å². The van der Waals surface area contributed by atoms with E-state index in [1.165, 1.54) is 5.56 Å². The van der Waals surface area contributed by atoms with Crippen LogP contribution in [0.1, 0.15) is 45.7 Å². The molecule has 2 nitrogen and oxygen atoms in total. The molecule has 0 aromatic heterocycles. The fraction of sp³-hybridized carbons (Fsp3) is 0.600. The Morgan fingerprint density at radius 2 is 2.00 bits per heavy atom. The number of nitrogens with one attached hydrogen (secondary N) is 1. The Balaban J connectivity index is 2.57. The molecule has 1 rings (SSSR count). The van der Waals surface area contributed by atoms with Crippen molar-refractivity contribution in [2.24, 2.45) is 0 Å². The van der Waals surface area contributed by atoms with Gasteiger partial charge in [-0.15, -0.1) is 0 Å². The highest BCUT2D eigenvalue weighted by Gasteiger charge is 2.21. The summed E-state index contributed by atoms with van der Waals surface area (Å²) in [5, 5.41) is 4.36. The van der Waals surface area contributed by atoms with E-state index in [2.05, 4.69) is 39.1 Å². The van der Waals surface area contributed by atoms with Gasteiger partial charge in [-0.05, 0) is 51.8 Å². The van der Waals surface area contributed by atoms with E-state index in [1.807, 2.05) is 18.2 Å². The second kappa shape index (κ2) is 6.55. The quantitative estimate of drug-likeness (QED) is 0.836. The number of ether oxygens (including phenoxy) is 1. The van der Waals surface area contributed by atoms with Gasteiger partial charge in [0.1, 0.15) is 0 Å². The third kappa shape index (κ3) is 4.97. The number of rotatable bonds is 6. The van der Waals surface area contributed by atoms with Crippen LogP contribution in [0, 0.1) is 0 Å². The molecule has 0 saturated carbocycles. The number of halogens is 1. The van der Waals surface area contributed by atoms with E-state index in [1.54, 1.807) is 7.11 Å². The Hall–Kier alpha value is -0.570. The van der Waals surface area contributed by atoms with Crippen molar-refractivity contribution in [2.45, 2.75) is 51.8 Å². The molecule has 0 heterocycles. The second-order valence-corrected chi connectivity index (χ2v) is 5.95. The molecule has 102 valence electrons. The van der Waals surface area contributed by atoms with Crippen LogP contribution in [-0.2, 0) is 4.74 Å². The molecule has 2 atom stereocenters. The molecular weight excluding hydrogens is 246 g/mol. The van der Waals surface area contributed by atoms with Gasteiger partial charge in [0.25, 0.3) is 0 Å². The van der Waals surface area contributed by atoms with Gasteiger partial charge in [0.2, 0.25) is 0 Å².